The molecule has 0 radical (unpaired) electrons. The number of phenols is 1. The van der Waals surface area contributed by atoms with Crippen molar-refractivity contribution in [1.29, 1.82) is 0 Å². The first-order chi connectivity index (χ1) is 5.74. The summed E-state index contributed by atoms with van der Waals surface area (Å²) < 4.78 is 0. The minimum absolute atomic E-state index is 0.0200. The summed E-state index contributed by atoms with van der Waals surface area (Å²) >= 11 is 0. The van der Waals surface area contributed by atoms with Crippen molar-refractivity contribution < 1.29 is 10.2 Å². The van der Waals surface area contributed by atoms with Crippen molar-refractivity contribution >= 4 is 0 Å². The van der Waals surface area contributed by atoms with Gasteiger partial charge >= 0.3 is 0 Å². The minimum atomic E-state index is -0.0200. The Kier molecular flexibility index (Phi) is 5.13. The van der Waals surface area contributed by atoms with Crippen molar-refractivity contribution in [3.63, 3.8) is 0 Å². The molecule has 1 rings (SSSR count). The second kappa shape index (κ2) is 5.61. The highest BCUT2D eigenvalue weighted by Crippen LogP contribution is 2.16. The molecule has 1 aromatic rings. The molecule has 0 bridgehead atoms. The Bertz CT molecular complexity index is 231. The molecule has 0 saturated heterocycles. The van der Waals surface area contributed by atoms with E-state index in [4.69, 9.17) is 10.2 Å². The lowest BCUT2D eigenvalue weighted by Crippen LogP contribution is -1.82. The van der Waals surface area contributed by atoms with E-state index in [9.17, 15) is 0 Å². The highest BCUT2D eigenvalue weighted by molar-refractivity contribution is 5.34. The molecule has 2 nitrogen and oxygen atoms in total. The summed E-state index contributed by atoms with van der Waals surface area (Å²) in [6.07, 6.45) is 0. The highest BCUT2D eigenvalue weighted by Gasteiger charge is 1.95. The van der Waals surface area contributed by atoms with Crippen LogP contribution in [0, 0.1) is 6.92 Å². The number of hydrogen-bond donors (Lipinski definition) is 2. The molecule has 2 heteroatoms. The highest BCUT2D eigenvalue weighted by atomic mass is 16.3. The summed E-state index contributed by atoms with van der Waals surface area (Å²) in [5, 5.41) is 17.8. The predicted molar refractivity (Wildman–Crippen MR) is 50.1 cm³/mol. The monoisotopic (exact) mass is 168 g/mol. The Morgan fingerprint density at radius 2 is 1.83 bits per heavy atom. The molecule has 0 spiro atoms. The molecule has 0 unspecified atom stereocenters. The van der Waals surface area contributed by atoms with Gasteiger partial charge in [0, 0.05) is 0 Å². The second-order valence-electron chi connectivity index (χ2n) is 2.28. The summed E-state index contributed by atoms with van der Waals surface area (Å²) in [7, 11) is 0. The van der Waals surface area contributed by atoms with Crippen LogP contribution in [0.1, 0.15) is 25.0 Å². The number of aromatic hydroxyl groups is 1. The molecule has 68 valence electrons. The van der Waals surface area contributed by atoms with E-state index in [0.717, 1.165) is 11.1 Å². The normalized spacial score (nSPS) is 8.67. The van der Waals surface area contributed by atoms with Gasteiger partial charge in [0.05, 0.1) is 6.61 Å². The van der Waals surface area contributed by atoms with Crippen molar-refractivity contribution in [2.45, 2.75) is 27.4 Å². The first kappa shape index (κ1) is 11.0. The SMILES string of the molecule is CC.Cc1ccc(CO)cc1O. The molecule has 0 amide bonds. The molecule has 2 N–H and O–H groups in total. The third-order valence-electron chi connectivity index (χ3n) is 1.46. The average Bonchev–Trinajstić information content (AvgIpc) is 2.13. The lowest BCUT2D eigenvalue weighted by Gasteiger charge is -1.99. The molecule has 0 atom stereocenters. The Morgan fingerprint density at radius 3 is 2.25 bits per heavy atom. The van der Waals surface area contributed by atoms with E-state index in [1.54, 1.807) is 18.2 Å². The van der Waals surface area contributed by atoms with Crippen molar-refractivity contribution in [2.24, 2.45) is 0 Å². The molecule has 0 aromatic heterocycles. The molecule has 0 saturated carbocycles. The van der Waals surface area contributed by atoms with E-state index in [0.29, 0.717) is 0 Å². The van der Waals surface area contributed by atoms with Gasteiger partial charge in [-0.1, -0.05) is 26.0 Å². The van der Waals surface area contributed by atoms with Gasteiger partial charge in [0.25, 0.3) is 0 Å². The minimum Gasteiger partial charge on any atom is -0.508 e. The van der Waals surface area contributed by atoms with Crippen LogP contribution in [-0.4, -0.2) is 10.2 Å². The van der Waals surface area contributed by atoms with E-state index in [2.05, 4.69) is 0 Å². The van der Waals surface area contributed by atoms with Crippen LogP contribution in [0.4, 0.5) is 0 Å². The van der Waals surface area contributed by atoms with Crippen LogP contribution in [0.2, 0.25) is 0 Å². The van der Waals surface area contributed by atoms with Crippen LogP contribution >= 0.6 is 0 Å². The number of phenolic OH excluding ortho intramolecular Hbond substituents is 1. The first-order valence-corrected chi connectivity index (χ1v) is 4.13. The van der Waals surface area contributed by atoms with Crippen LogP contribution in [0.15, 0.2) is 18.2 Å². The third-order valence-corrected chi connectivity index (χ3v) is 1.46. The van der Waals surface area contributed by atoms with E-state index >= 15 is 0 Å². The summed E-state index contributed by atoms with van der Waals surface area (Å²) in [5.41, 5.74) is 1.57. The number of benzene rings is 1. The number of aliphatic hydroxyl groups is 1. The Balaban J connectivity index is 0.000000561. The fourth-order valence-electron chi connectivity index (χ4n) is 0.753. The topological polar surface area (TPSA) is 40.5 Å². The van der Waals surface area contributed by atoms with Gasteiger partial charge in [-0.15, -0.1) is 0 Å². The van der Waals surface area contributed by atoms with E-state index in [1.807, 2.05) is 20.8 Å². The molecular formula is C10H16O2. The maximum Gasteiger partial charge on any atom is 0.118 e. The summed E-state index contributed by atoms with van der Waals surface area (Å²) in [6, 6.07) is 5.13. The number of aryl methyl sites for hydroxylation is 1. The molecule has 0 aliphatic rings. The number of aliphatic hydroxyl groups excluding tert-OH is 1. The van der Waals surface area contributed by atoms with Gasteiger partial charge in [0.15, 0.2) is 0 Å². The fourth-order valence-corrected chi connectivity index (χ4v) is 0.753. The van der Waals surface area contributed by atoms with Gasteiger partial charge in [0.2, 0.25) is 0 Å². The van der Waals surface area contributed by atoms with Gasteiger partial charge in [-0.05, 0) is 24.1 Å². The van der Waals surface area contributed by atoms with Crippen LogP contribution in [0.5, 0.6) is 5.75 Å². The van der Waals surface area contributed by atoms with E-state index in [1.165, 1.54) is 0 Å². The Morgan fingerprint density at radius 1 is 1.25 bits per heavy atom. The van der Waals surface area contributed by atoms with Crippen LogP contribution in [0.25, 0.3) is 0 Å². The average molecular weight is 168 g/mol. The van der Waals surface area contributed by atoms with E-state index in [-0.39, 0.29) is 12.4 Å². The largest absolute Gasteiger partial charge is 0.508 e. The fraction of sp³-hybridized carbons (Fsp3) is 0.400. The first-order valence-electron chi connectivity index (χ1n) is 4.13. The van der Waals surface area contributed by atoms with Crippen molar-refractivity contribution in [1.82, 2.24) is 0 Å². The van der Waals surface area contributed by atoms with Gasteiger partial charge in [-0.3, -0.25) is 0 Å². The molecule has 0 aliphatic heterocycles. The lowest BCUT2D eigenvalue weighted by molar-refractivity contribution is 0.281. The Labute approximate surface area is 73.5 Å². The van der Waals surface area contributed by atoms with Crippen molar-refractivity contribution in [2.75, 3.05) is 0 Å². The molecule has 0 fully saturated rings. The predicted octanol–water partition coefficient (Wildman–Crippen LogP) is 2.22. The maximum atomic E-state index is 9.12. The molecule has 0 aliphatic carbocycles. The standard InChI is InChI=1S/C8H10O2.C2H6/c1-6-2-3-7(5-9)4-8(6)10;1-2/h2-4,9-10H,5H2,1H3;1-2H3. The molecular weight excluding hydrogens is 152 g/mol. The van der Waals surface area contributed by atoms with Gasteiger partial charge in [0.1, 0.15) is 5.75 Å². The van der Waals surface area contributed by atoms with Gasteiger partial charge in [-0.2, -0.15) is 0 Å². The quantitative estimate of drug-likeness (QED) is 0.675. The zero-order valence-corrected chi connectivity index (χ0v) is 7.83. The zero-order chi connectivity index (χ0) is 9.56. The molecule has 12 heavy (non-hydrogen) atoms. The van der Waals surface area contributed by atoms with Crippen LogP contribution in [-0.2, 0) is 6.61 Å². The van der Waals surface area contributed by atoms with Gasteiger partial charge < -0.3 is 10.2 Å². The Hall–Kier alpha value is -1.02. The molecule has 1 aromatic carbocycles. The summed E-state index contributed by atoms with van der Waals surface area (Å²) in [6.45, 7) is 5.80. The van der Waals surface area contributed by atoms with Crippen molar-refractivity contribution in [3.8, 4) is 5.75 Å². The summed E-state index contributed by atoms with van der Waals surface area (Å²) in [5.74, 6) is 0.242. The van der Waals surface area contributed by atoms with Crippen LogP contribution < -0.4 is 0 Å². The number of hydrogen-bond acceptors (Lipinski definition) is 2. The lowest BCUT2D eigenvalue weighted by atomic mass is 10.1. The zero-order valence-electron chi connectivity index (χ0n) is 7.83. The van der Waals surface area contributed by atoms with E-state index < -0.39 is 0 Å². The maximum absolute atomic E-state index is 9.12. The smallest absolute Gasteiger partial charge is 0.118 e. The second-order valence-corrected chi connectivity index (χ2v) is 2.28. The third kappa shape index (κ3) is 2.93. The molecule has 0 heterocycles. The van der Waals surface area contributed by atoms with Crippen LogP contribution in [0.3, 0.4) is 0 Å². The van der Waals surface area contributed by atoms with Crippen molar-refractivity contribution in [3.05, 3.63) is 29.3 Å². The number of rotatable bonds is 1. The summed E-state index contributed by atoms with van der Waals surface area (Å²) in [4.78, 5) is 0. The van der Waals surface area contributed by atoms with Gasteiger partial charge in [-0.25, -0.2) is 0 Å².